The molecule has 0 aliphatic rings. The van der Waals surface area contributed by atoms with E-state index in [0.717, 1.165) is 0 Å². The molecule has 0 saturated heterocycles. The first-order chi connectivity index (χ1) is 12.9. The van der Waals surface area contributed by atoms with E-state index in [0.29, 0.717) is 31.2 Å². The van der Waals surface area contributed by atoms with E-state index in [9.17, 15) is 9.59 Å². The number of halogens is 4. The van der Waals surface area contributed by atoms with Gasteiger partial charge in [-0.25, -0.2) is 10.9 Å². The number of carbonyl (C=O) groups excluding carboxylic acids is 2. The fourth-order valence-corrected chi connectivity index (χ4v) is 2.82. The minimum absolute atomic E-state index is 0.380. The molecule has 0 aromatic heterocycles. The van der Waals surface area contributed by atoms with Crippen LogP contribution in [0.25, 0.3) is 0 Å². The van der Waals surface area contributed by atoms with Gasteiger partial charge in [0.05, 0.1) is 32.5 Å². The number of benzene rings is 2. The van der Waals surface area contributed by atoms with Crippen molar-refractivity contribution in [3.05, 3.63) is 67.6 Å². The van der Waals surface area contributed by atoms with Crippen LogP contribution in [0.1, 0.15) is 17.5 Å². The Morgan fingerprint density at radius 2 is 1.07 bits per heavy atom. The molecular weight excluding hydrogens is 434 g/mol. The molecule has 0 fully saturated rings. The van der Waals surface area contributed by atoms with Crippen molar-refractivity contribution in [2.24, 2.45) is 10.2 Å². The third kappa shape index (κ3) is 6.52. The van der Waals surface area contributed by atoms with E-state index in [1.165, 1.54) is 12.4 Å². The van der Waals surface area contributed by atoms with Gasteiger partial charge in [-0.1, -0.05) is 58.5 Å². The Balaban J connectivity index is 1.84. The first kappa shape index (κ1) is 21.2. The van der Waals surface area contributed by atoms with Gasteiger partial charge >= 0.3 is 0 Å². The van der Waals surface area contributed by atoms with Crippen molar-refractivity contribution in [2.75, 3.05) is 0 Å². The number of carbonyl (C=O) groups is 2. The van der Waals surface area contributed by atoms with Crippen LogP contribution in [0.15, 0.2) is 46.6 Å². The van der Waals surface area contributed by atoms with Crippen molar-refractivity contribution in [3.8, 4) is 0 Å². The molecule has 2 N–H and O–H groups in total. The molecular formula is C17H12Cl4N4O2. The summed E-state index contributed by atoms with van der Waals surface area (Å²) < 4.78 is 0. The third-order valence-corrected chi connectivity index (χ3v) is 4.40. The molecule has 2 amide bonds. The number of hydrazone groups is 2. The van der Waals surface area contributed by atoms with Gasteiger partial charge < -0.3 is 0 Å². The molecule has 0 radical (unpaired) electrons. The van der Waals surface area contributed by atoms with E-state index in [1.54, 1.807) is 36.4 Å². The van der Waals surface area contributed by atoms with Crippen LogP contribution in [0.2, 0.25) is 20.1 Å². The van der Waals surface area contributed by atoms with Gasteiger partial charge in [0.15, 0.2) is 0 Å². The standard InChI is InChI=1S/C17H12Cl4N4O2/c18-12-3-1-4-13(19)10(12)8-22-24-16(26)7-17(27)25-23-9-11-14(20)5-2-6-15(11)21/h1-6,8-9H,7H2,(H,24,26)(H,25,27). The lowest BCUT2D eigenvalue weighted by Crippen LogP contribution is -2.27. The molecule has 2 aromatic rings. The van der Waals surface area contributed by atoms with Crippen LogP contribution >= 0.6 is 46.4 Å². The molecule has 27 heavy (non-hydrogen) atoms. The molecule has 0 saturated carbocycles. The number of nitrogens with one attached hydrogen (secondary N) is 2. The van der Waals surface area contributed by atoms with Crippen molar-refractivity contribution >= 4 is 70.6 Å². The maximum Gasteiger partial charge on any atom is 0.249 e. The second-order valence-electron chi connectivity index (χ2n) is 5.03. The summed E-state index contributed by atoms with van der Waals surface area (Å²) in [7, 11) is 0. The summed E-state index contributed by atoms with van der Waals surface area (Å²) in [6, 6.07) is 9.89. The Bertz CT molecular complexity index is 802. The molecule has 0 heterocycles. The first-order valence-electron chi connectivity index (χ1n) is 7.40. The normalized spacial score (nSPS) is 11.1. The van der Waals surface area contributed by atoms with Gasteiger partial charge in [-0.2, -0.15) is 10.2 Å². The lowest BCUT2D eigenvalue weighted by Gasteiger charge is -2.02. The largest absolute Gasteiger partial charge is 0.273 e. The Kier molecular flexibility index (Phi) is 8.06. The molecule has 0 unspecified atom stereocenters. The summed E-state index contributed by atoms with van der Waals surface area (Å²) in [5.41, 5.74) is 5.30. The van der Waals surface area contributed by atoms with Crippen LogP contribution in [0.5, 0.6) is 0 Å². The predicted molar refractivity (Wildman–Crippen MR) is 109 cm³/mol. The topological polar surface area (TPSA) is 82.9 Å². The summed E-state index contributed by atoms with van der Waals surface area (Å²) in [5.74, 6) is -1.28. The summed E-state index contributed by atoms with van der Waals surface area (Å²) in [6.45, 7) is 0. The Hall–Kier alpha value is -2.12. The highest BCUT2D eigenvalue weighted by Crippen LogP contribution is 2.22. The van der Waals surface area contributed by atoms with E-state index in [2.05, 4.69) is 21.1 Å². The van der Waals surface area contributed by atoms with Crippen LogP contribution in [0.4, 0.5) is 0 Å². The number of hydrogen-bond acceptors (Lipinski definition) is 4. The van der Waals surface area contributed by atoms with E-state index >= 15 is 0 Å². The number of amides is 2. The first-order valence-corrected chi connectivity index (χ1v) is 8.91. The molecule has 0 atom stereocenters. The quantitative estimate of drug-likeness (QED) is 0.395. The van der Waals surface area contributed by atoms with Crippen molar-refractivity contribution < 1.29 is 9.59 Å². The average molecular weight is 446 g/mol. The summed E-state index contributed by atoms with van der Waals surface area (Å²) >= 11 is 23.9. The van der Waals surface area contributed by atoms with E-state index in [4.69, 9.17) is 46.4 Å². The van der Waals surface area contributed by atoms with Gasteiger partial charge in [0.2, 0.25) is 11.8 Å². The summed E-state index contributed by atoms with van der Waals surface area (Å²) in [6.07, 6.45) is 2.09. The number of rotatable bonds is 6. The number of hydrogen-bond donors (Lipinski definition) is 2. The van der Waals surface area contributed by atoms with Crippen LogP contribution in [-0.2, 0) is 9.59 Å². The SMILES string of the molecule is O=C(CC(=O)NN=Cc1c(Cl)cccc1Cl)NN=Cc1c(Cl)cccc1Cl. The Morgan fingerprint density at radius 1 is 0.741 bits per heavy atom. The summed E-state index contributed by atoms with van der Waals surface area (Å²) in [4.78, 5) is 23.4. The van der Waals surface area contributed by atoms with Crippen molar-refractivity contribution in [2.45, 2.75) is 6.42 Å². The maximum atomic E-state index is 11.7. The Labute approximate surface area is 175 Å². The van der Waals surface area contributed by atoms with Crippen LogP contribution in [0.3, 0.4) is 0 Å². The fraction of sp³-hybridized carbons (Fsp3) is 0.0588. The molecule has 2 rings (SSSR count). The molecule has 2 aromatic carbocycles. The molecule has 0 spiro atoms. The number of nitrogens with zero attached hydrogens (tertiary/aromatic N) is 2. The van der Waals surface area contributed by atoms with Gasteiger partial charge in [-0.15, -0.1) is 0 Å². The van der Waals surface area contributed by atoms with Crippen molar-refractivity contribution in [1.29, 1.82) is 0 Å². The van der Waals surface area contributed by atoms with Gasteiger partial charge in [0.25, 0.3) is 0 Å². The zero-order chi connectivity index (χ0) is 19.8. The van der Waals surface area contributed by atoms with Crippen molar-refractivity contribution in [3.63, 3.8) is 0 Å². The molecule has 6 nitrogen and oxygen atoms in total. The average Bonchev–Trinajstić information content (AvgIpc) is 2.60. The summed E-state index contributed by atoms with van der Waals surface area (Å²) in [5, 5.41) is 8.96. The van der Waals surface area contributed by atoms with Crippen LogP contribution in [-0.4, -0.2) is 24.2 Å². The second kappa shape index (κ2) is 10.3. The Morgan fingerprint density at radius 3 is 1.41 bits per heavy atom. The molecule has 140 valence electrons. The molecule has 0 aliphatic carbocycles. The van der Waals surface area contributed by atoms with Gasteiger partial charge in [0.1, 0.15) is 6.42 Å². The van der Waals surface area contributed by atoms with E-state index < -0.39 is 18.2 Å². The van der Waals surface area contributed by atoms with Gasteiger partial charge in [-0.3, -0.25) is 9.59 Å². The monoisotopic (exact) mass is 444 g/mol. The minimum Gasteiger partial charge on any atom is -0.273 e. The lowest BCUT2D eigenvalue weighted by molar-refractivity contribution is -0.129. The molecule has 0 aliphatic heterocycles. The van der Waals surface area contributed by atoms with Gasteiger partial charge in [-0.05, 0) is 24.3 Å². The predicted octanol–water partition coefficient (Wildman–Crippen LogP) is 4.29. The van der Waals surface area contributed by atoms with Crippen molar-refractivity contribution in [1.82, 2.24) is 10.9 Å². The smallest absolute Gasteiger partial charge is 0.249 e. The third-order valence-electron chi connectivity index (χ3n) is 3.09. The van der Waals surface area contributed by atoms with Gasteiger partial charge in [0, 0.05) is 11.1 Å². The fourth-order valence-electron chi connectivity index (χ4n) is 1.83. The lowest BCUT2D eigenvalue weighted by atomic mass is 10.2. The maximum absolute atomic E-state index is 11.7. The minimum atomic E-state index is -0.641. The highest BCUT2D eigenvalue weighted by atomic mass is 35.5. The van der Waals surface area contributed by atoms with E-state index in [-0.39, 0.29) is 0 Å². The second-order valence-corrected chi connectivity index (χ2v) is 6.66. The van der Waals surface area contributed by atoms with Crippen LogP contribution < -0.4 is 10.9 Å². The molecule has 0 bridgehead atoms. The highest BCUT2D eigenvalue weighted by molar-refractivity contribution is 6.39. The van der Waals surface area contributed by atoms with E-state index in [1.807, 2.05) is 0 Å². The highest BCUT2D eigenvalue weighted by Gasteiger charge is 2.08. The zero-order valence-corrected chi connectivity index (χ0v) is 16.6. The zero-order valence-electron chi connectivity index (χ0n) is 13.5. The molecule has 10 heteroatoms. The van der Waals surface area contributed by atoms with Crippen LogP contribution in [0, 0.1) is 0 Å².